The average molecular weight is 280 g/mol. The van der Waals surface area contributed by atoms with E-state index >= 15 is 0 Å². The first-order chi connectivity index (χ1) is 8.72. The zero-order valence-electron chi connectivity index (χ0n) is 9.37. The Hall–Kier alpha value is -1.61. The van der Waals surface area contributed by atoms with Crippen LogP contribution in [-0.2, 0) is 4.79 Å². The predicted octanol–water partition coefficient (Wildman–Crippen LogP) is 2.11. The molecule has 2 N–H and O–H groups in total. The minimum atomic E-state index is -0.201. The molecule has 0 fully saturated rings. The highest BCUT2D eigenvalue weighted by molar-refractivity contribution is 7.16. The Morgan fingerprint density at radius 3 is 3.17 bits per heavy atom. The summed E-state index contributed by atoms with van der Waals surface area (Å²) >= 11 is 7.56. The van der Waals surface area contributed by atoms with Gasteiger partial charge in [-0.1, -0.05) is 17.5 Å². The number of hydrogen-bond acceptors (Lipinski definition) is 4. The van der Waals surface area contributed by atoms with Gasteiger partial charge in [-0.2, -0.15) is 0 Å². The number of halogens is 1. The lowest BCUT2D eigenvalue weighted by atomic mass is 10.3. The molecule has 0 spiro atoms. The number of aromatic nitrogens is 1. The Morgan fingerprint density at radius 1 is 1.56 bits per heavy atom. The van der Waals surface area contributed by atoms with E-state index in [0.29, 0.717) is 22.8 Å². The fourth-order valence-electron chi connectivity index (χ4n) is 1.46. The van der Waals surface area contributed by atoms with Gasteiger partial charge in [0, 0.05) is 0 Å². The number of thiazole rings is 1. The first kappa shape index (κ1) is 12.8. The van der Waals surface area contributed by atoms with Crippen LogP contribution in [0.25, 0.3) is 10.2 Å². The molecule has 0 bridgehead atoms. The van der Waals surface area contributed by atoms with Gasteiger partial charge in [-0.25, -0.2) is 4.98 Å². The van der Waals surface area contributed by atoms with Crippen LogP contribution in [-0.4, -0.2) is 24.0 Å². The van der Waals surface area contributed by atoms with E-state index < -0.39 is 0 Å². The molecular weight excluding hydrogens is 270 g/mol. The normalized spacial score (nSPS) is 10.2. The lowest BCUT2D eigenvalue weighted by Gasteiger charge is -2.08. The Kier molecular flexibility index (Phi) is 4.15. The number of terminal acetylenes is 1. The standard InChI is InChI=1S/C12H10ClN3OS/c1-2-5-14-6-10(17)16-11-8(13)3-4-9-12(11)15-7-18-9/h1,3-4,7,14H,5-6H2,(H,16,17). The van der Waals surface area contributed by atoms with Crippen molar-refractivity contribution in [3.05, 3.63) is 22.7 Å². The number of hydrogen-bond donors (Lipinski definition) is 2. The Bertz CT molecular complexity index is 617. The number of nitrogens with zero attached hydrogens (tertiary/aromatic N) is 1. The number of rotatable bonds is 4. The highest BCUT2D eigenvalue weighted by Crippen LogP contribution is 2.32. The van der Waals surface area contributed by atoms with Crippen LogP contribution in [0.1, 0.15) is 0 Å². The molecule has 6 heteroatoms. The van der Waals surface area contributed by atoms with Crippen LogP contribution < -0.4 is 10.6 Å². The number of nitrogens with one attached hydrogen (secondary N) is 2. The third-order valence-electron chi connectivity index (χ3n) is 2.23. The second-order valence-corrected chi connectivity index (χ2v) is 4.77. The van der Waals surface area contributed by atoms with Gasteiger partial charge in [0.2, 0.25) is 5.91 Å². The molecule has 0 aliphatic heterocycles. The largest absolute Gasteiger partial charge is 0.322 e. The number of benzene rings is 1. The molecule has 2 rings (SSSR count). The highest BCUT2D eigenvalue weighted by atomic mass is 35.5. The average Bonchev–Trinajstić information content (AvgIpc) is 2.82. The van der Waals surface area contributed by atoms with E-state index in [1.807, 2.05) is 6.07 Å². The van der Waals surface area contributed by atoms with Crippen molar-refractivity contribution in [2.75, 3.05) is 18.4 Å². The molecule has 0 saturated carbocycles. The molecule has 2 aromatic rings. The van der Waals surface area contributed by atoms with Crippen LogP contribution in [0.3, 0.4) is 0 Å². The highest BCUT2D eigenvalue weighted by Gasteiger charge is 2.11. The van der Waals surface area contributed by atoms with Gasteiger partial charge in [0.1, 0.15) is 5.52 Å². The zero-order valence-corrected chi connectivity index (χ0v) is 10.9. The van der Waals surface area contributed by atoms with Gasteiger partial charge in [-0.3, -0.25) is 10.1 Å². The third kappa shape index (κ3) is 2.79. The molecule has 0 radical (unpaired) electrons. The van der Waals surface area contributed by atoms with Gasteiger partial charge < -0.3 is 5.32 Å². The van der Waals surface area contributed by atoms with E-state index in [-0.39, 0.29) is 12.5 Å². The van der Waals surface area contributed by atoms with Crippen LogP contribution in [0.2, 0.25) is 5.02 Å². The van der Waals surface area contributed by atoms with Crippen LogP contribution in [0.5, 0.6) is 0 Å². The monoisotopic (exact) mass is 279 g/mol. The summed E-state index contributed by atoms with van der Waals surface area (Å²) in [6, 6.07) is 3.62. The number of amides is 1. The van der Waals surface area contributed by atoms with E-state index in [1.54, 1.807) is 11.6 Å². The SMILES string of the molecule is C#CCNCC(=O)Nc1c(Cl)ccc2scnc12. The van der Waals surface area contributed by atoms with Gasteiger partial charge in [0.15, 0.2) is 0 Å². The quantitative estimate of drug-likeness (QED) is 0.666. The van der Waals surface area contributed by atoms with E-state index in [1.165, 1.54) is 11.3 Å². The number of anilines is 1. The van der Waals surface area contributed by atoms with Crippen molar-refractivity contribution < 1.29 is 4.79 Å². The molecule has 0 saturated heterocycles. The van der Waals surface area contributed by atoms with Crippen molar-refractivity contribution in [1.29, 1.82) is 0 Å². The van der Waals surface area contributed by atoms with Crippen LogP contribution >= 0.6 is 22.9 Å². The van der Waals surface area contributed by atoms with Gasteiger partial charge >= 0.3 is 0 Å². The Labute approximate surface area is 113 Å². The molecule has 92 valence electrons. The second kappa shape index (κ2) is 5.83. The van der Waals surface area contributed by atoms with Crippen molar-refractivity contribution >= 4 is 44.7 Å². The molecule has 0 aliphatic carbocycles. The molecule has 18 heavy (non-hydrogen) atoms. The van der Waals surface area contributed by atoms with E-state index in [2.05, 4.69) is 21.5 Å². The summed E-state index contributed by atoms with van der Waals surface area (Å²) in [5.41, 5.74) is 2.97. The summed E-state index contributed by atoms with van der Waals surface area (Å²) in [7, 11) is 0. The van der Waals surface area contributed by atoms with Crippen molar-refractivity contribution in [3.63, 3.8) is 0 Å². The van der Waals surface area contributed by atoms with E-state index in [0.717, 1.165) is 4.70 Å². The predicted molar refractivity (Wildman–Crippen MR) is 75.0 cm³/mol. The summed E-state index contributed by atoms with van der Waals surface area (Å²) in [4.78, 5) is 15.9. The van der Waals surface area contributed by atoms with E-state index in [9.17, 15) is 4.79 Å². The molecule has 0 unspecified atom stereocenters. The minimum absolute atomic E-state index is 0.140. The fraction of sp³-hybridized carbons (Fsp3) is 0.167. The van der Waals surface area contributed by atoms with Gasteiger partial charge in [0.25, 0.3) is 0 Å². The summed E-state index contributed by atoms with van der Waals surface area (Å²) in [5, 5.41) is 6.02. The third-order valence-corrected chi connectivity index (χ3v) is 3.34. The molecule has 1 aromatic carbocycles. The summed E-state index contributed by atoms with van der Waals surface area (Å²) < 4.78 is 0.978. The molecule has 1 aromatic heterocycles. The molecule has 1 heterocycles. The minimum Gasteiger partial charge on any atom is -0.322 e. The molecule has 0 aliphatic rings. The molecule has 1 amide bonds. The number of fused-ring (bicyclic) bond motifs is 1. The Morgan fingerprint density at radius 2 is 2.39 bits per heavy atom. The lowest BCUT2D eigenvalue weighted by molar-refractivity contribution is -0.115. The first-order valence-corrected chi connectivity index (χ1v) is 6.44. The van der Waals surface area contributed by atoms with Gasteiger partial charge in [-0.05, 0) is 12.1 Å². The number of carbonyl (C=O) groups is 1. The second-order valence-electron chi connectivity index (χ2n) is 3.48. The van der Waals surface area contributed by atoms with Crippen molar-refractivity contribution in [2.24, 2.45) is 0 Å². The zero-order chi connectivity index (χ0) is 13.0. The summed E-state index contributed by atoms with van der Waals surface area (Å²) in [5.74, 6) is 2.19. The molecular formula is C12H10ClN3OS. The summed E-state index contributed by atoms with van der Waals surface area (Å²) in [6.07, 6.45) is 5.08. The maximum absolute atomic E-state index is 11.7. The number of carbonyl (C=O) groups excluding carboxylic acids is 1. The topological polar surface area (TPSA) is 54.0 Å². The maximum atomic E-state index is 11.7. The fourth-order valence-corrected chi connectivity index (χ4v) is 2.34. The van der Waals surface area contributed by atoms with Crippen molar-refractivity contribution in [2.45, 2.75) is 0 Å². The molecule has 4 nitrogen and oxygen atoms in total. The Balaban J connectivity index is 2.16. The van der Waals surface area contributed by atoms with Crippen LogP contribution in [0.15, 0.2) is 17.6 Å². The summed E-state index contributed by atoms with van der Waals surface area (Å²) in [6.45, 7) is 0.489. The smallest absolute Gasteiger partial charge is 0.238 e. The maximum Gasteiger partial charge on any atom is 0.238 e. The van der Waals surface area contributed by atoms with Crippen LogP contribution in [0, 0.1) is 12.3 Å². The van der Waals surface area contributed by atoms with Crippen molar-refractivity contribution in [3.8, 4) is 12.3 Å². The van der Waals surface area contributed by atoms with E-state index in [4.69, 9.17) is 18.0 Å². The van der Waals surface area contributed by atoms with Gasteiger partial charge in [-0.15, -0.1) is 17.8 Å². The van der Waals surface area contributed by atoms with Crippen molar-refractivity contribution in [1.82, 2.24) is 10.3 Å². The molecule has 0 atom stereocenters. The van der Waals surface area contributed by atoms with Gasteiger partial charge in [0.05, 0.1) is 34.0 Å². The van der Waals surface area contributed by atoms with Crippen LogP contribution in [0.4, 0.5) is 5.69 Å². The first-order valence-electron chi connectivity index (χ1n) is 5.18. The lowest BCUT2D eigenvalue weighted by Crippen LogP contribution is -2.28.